The molecule has 4 nitrogen and oxygen atoms in total. The van der Waals surface area contributed by atoms with Crippen molar-refractivity contribution in [3.05, 3.63) is 102 Å². The highest BCUT2D eigenvalue weighted by molar-refractivity contribution is 7.89. The average Bonchev–Trinajstić information content (AvgIpc) is 3.39. The van der Waals surface area contributed by atoms with Crippen LogP contribution in [0.2, 0.25) is 0 Å². The largest absolute Gasteiger partial charge is 0.302 e. The zero-order valence-corrected chi connectivity index (χ0v) is 18.4. The molecule has 0 N–H and O–H groups in total. The SMILES string of the molecule is O=S(=O)(c1ccccc1)N1C[C@H]2CN(CC(c3ccccc3)c3ccccc3)C[C@H]2C1. The number of benzene rings is 3. The van der Waals surface area contributed by atoms with Gasteiger partial charge in [-0.1, -0.05) is 78.9 Å². The molecule has 3 aromatic rings. The Kier molecular flexibility index (Phi) is 5.65. The van der Waals surface area contributed by atoms with Crippen molar-refractivity contribution in [2.45, 2.75) is 10.8 Å². The summed E-state index contributed by atoms with van der Waals surface area (Å²) >= 11 is 0. The lowest BCUT2D eigenvalue weighted by atomic mass is 9.91. The summed E-state index contributed by atoms with van der Waals surface area (Å²) in [5.41, 5.74) is 2.66. The molecule has 160 valence electrons. The van der Waals surface area contributed by atoms with E-state index in [4.69, 9.17) is 0 Å². The van der Waals surface area contributed by atoms with Crippen molar-refractivity contribution in [3.8, 4) is 0 Å². The first-order valence-electron chi connectivity index (χ1n) is 11.0. The van der Waals surface area contributed by atoms with Crippen LogP contribution < -0.4 is 0 Å². The fraction of sp³-hybridized carbons (Fsp3) is 0.308. The summed E-state index contributed by atoms with van der Waals surface area (Å²) in [6.07, 6.45) is 0. The van der Waals surface area contributed by atoms with Crippen LogP contribution in [0.5, 0.6) is 0 Å². The van der Waals surface area contributed by atoms with Crippen molar-refractivity contribution in [2.75, 3.05) is 32.7 Å². The second-order valence-corrected chi connectivity index (χ2v) is 10.7. The lowest BCUT2D eigenvalue weighted by molar-refractivity contribution is 0.288. The van der Waals surface area contributed by atoms with E-state index in [9.17, 15) is 8.42 Å². The lowest BCUT2D eigenvalue weighted by Gasteiger charge is -2.26. The van der Waals surface area contributed by atoms with Crippen LogP contribution in [0.1, 0.15) is 17.0 Å². The van der Waals surface area contributed by atoms with E-state index in [1.54, 1.807) is 28.6 Å². The lowest BCUT2D eigenvalue weighted by Crippen LogP contribution is -2.34. The number of nitrogens with zero attached hydrogens (tertiary/aromatic N) is 2. The molecule has 2 atom stereocenters. The maximum atomic E-state index is 13.0. The highest BCUT2D eigenvalue weighted by atomic mass is 32.2. The highest BCUT2D eigenvalue weighted by Crippen LogP contribution is 2.36. The van der Waals surface area contributed by atoms with Gasteiger partial charge < -0.3 is 4.90 Å². The molecule has 2 fully saturated rings. The van der Waals surface area contributed by atoms with Crippen LogP contribution in [0.3, 0.4) is 0 Å². The van der Waals surface area contributed by atoms with Gasteiger partial charge in [0.05, 0.1) is 4.90 Å². The summed E-state index contributed by atoms with van der Waals surface area (Å²) < 4.78 is 27.7. The standard InChI is InChI=1S/C26H28N2O2S/c29-31(30,25-14-8-3-9-15-25)28-18-23-16-27(17-24(23)19-28)20-26(21-10-4-1-5-11-21)22-12-6-2-7-13-22/h1-15,23-24,26H,16-20H2/t23-,24+. The first-order chi connectivity index (χ1) is 15.1. The molecule has 2 aliphatic heterocycles. The molecule has 0 spiro atoms. The van der Waals surface area contributed by atoms with Crippen molar-refractivity contribution >= 4 is 10.0 Å². The number of rotatable bonds is 6. The number of sulfonamides is 1. The molecule has 31 heavy (non-hydrogen) atoms. The Bertz CT molecular complexity index is 1050. The predicted octanol–water partition coefficient (Wildman–Crippen LogP) is 4.07. The smallest absolute Gasteiger partial charge is 0.243 e. The Balaban J connectivity index is 1.29. The van der Waals surface area contributed by atoms with Crippen LogP contribution in [0.25, 0.3) is 0 Å². The van der Waals surface area contributed by atoms with Gasteiger partial charge >= 0.3 is 0 Å². The van der Waals surface area contributed by atoms with Crippen LogP contribution in [-0.4, -0.2) is 50.3 Å². The van der Waals surface area contributed by atoms with Gasteiger partial charge in [-0.05, 0) is 35.1 Å². The summed E-state index contributed by atoms with van der Waals surface area (Å²) in [4.78, 5) is 2.94. The van der Waals surface area contributed by atoms with E-state index in [0.717, 1.165) is 19.6 Å². The minimum Gasteiger partial charge on any atom is -0.302 e. The molecular formula is C26H28N2O2S. The Labute approximate surface area is 185 Å². The molecule has 0 saturated carbocycles. The van der Waals surface area contributed by atoms with Crippen molar-refractivity contribution < 1.29 is 8.42 Å². The summed E-state index contributed by atoms with van der Waals surface area (Å²) in [5, 5.41) is 0. The minimum atomic E-state index is -3.39. The fourth-order valence-corrected chi connectivity index (χ4v) is 6.74. The molecule has 2 heterocycles. The number of likely N-dealkylation sites (tertiary alicyclic amines) is 1. The van der Waals surface area contributed by atoms with E-state index in [0.29, 0.717) is 35.7 Å². The summed E-state index contributed by atoms with van der Waals surface area (Å²) in [7, 11) is -3.39. The van der Waals surface area contributed by atoms with Gasteiger partial charge in [-0.15, -0.1) is 0 Å². The molecule has 0 bridgehead atoms. The van der Waals surface area contributed by atoms with E-state index in [-0.39, 0.29) is 0 Å². The third kappa shape index (κ3) is 4.18. The molecule has 0 unspecified atom stereocenters. The number of fused-ring (bicyclic) bond motifs is 1. The maximum absolute atomic E-state index is 13.0. The molecule has 0 aromatic heterocycles. The van der Waals surface area contributed by atoms with Crippen LogP contribution >= 0.6 is 0 Å². The highest BCUT2D eigenvalue weighted by Gasteiger charge is 2.44. The third-order valence-electron chi connectivity index (χ3n) is 6.75. The van der Waals surface area contributed by atoms with Gasteiger partial charge in [0.1, 0.15) is 0 Å². The Morgan fingerprint density at radius 2 is 1.13 bits per heavy atom. The van der Waals surface area contributed by atoms with Gasteiger partial charge in [0.2, 0.25) is 10.0 Å². The quantitative estimate of drug-likeness (QED) is 0.590. The summed E-state index contributed by atoms with van der Waals surface area (Å²) in [5.74, 6) is 1.14. The topological polar surface area (TPSA) is 40.6 Å². The Hall–Kier alpha value is -2.47. The van der Waals surface area contributed by atoms with Crippen molar-refractivity contribution in [1.82, 2.24) is 9.21 Å². The monoisotopic (exact) mass is 432 g/mol. The second kappa shape index (κ2) is 8.58. The molecular weight excluding hydrogens is 404 g/mol. The average molecular weight is 433 g/mol. The van der Waals surface area contributed by atoms with Gasteiger partial charge in [0.25, 0.3) is 0 Å². The Morgan fingerprint density at radius 1 is 0.677 bits per heavy atom. The molecule has 0 radical (unpaired) electrons. The van der Waals surface area contributed by atoms with E-state index in [2.05, 4.69) is 65.6 Å². The zero-order chi connectivity index (χ0) is 21.3. The van der Waals surface area contributed by atoms with Gasteiger partial charge in [-0.3, -0.25) is 0 Å². The summed E-state index contributed by atoms with van der Waals surface area (Å²) in [6, 6.07) is 30.2. The van der Waals surface area contributed by atoms with Gasteiger partial charge in [0, 0.05) is 38.6 Å². The van der Waals surface area contributed by atoms with E-state index in [1.807, 2.05) is 6.07 Å². The maximum Gasteiger partial charge on any atom is 0.243 e. The van der Waals surface area contributed by atoms with E-state index < -0.39 is 10.0 Å². The first-order valence-corrected chi connectivity index (χ1v) is 12.4. The van der Waals surface area contributed by atoms with Crippen LogP contribution in [0.4, 0.5) is 0 Å². The second-order valence-electron chi connectivity index (χ2n) is 8.75. The molecule has 5 rings (SSSR count). The zero-order valence-electron chi connectivity index (χ0n) is 17.5. The predicted molar refractivity (Wildman–Crippen MR) is 123 cm³/mol. The molecule has 2 saturated heterocycles. The van der Waals surface area contributed by atoms with E-state index >= 15 is 0 Å². The minimum absolute atomic E-state index is 0.324. The normalized spacial score (nSPS) is 22.1. The van der Waals surface area contributed by atoms with E-state index in [1.165, 1.54) is 11.1 Å². The molecule has 0 amide bonds. The van der Waals surface area contributed by atoms with Crippen LogP contribution in [0, 0.1) is 11.8 Å². The van der Waals surface area contributed by atoms with Crippen LogP contribution in [0.15, 0.2) is 95.9 Å². The van der Waals surface area contributed by atoms with Gasteiger partial charge in [0.15, 0.2) is 0 Å². The third-order valence-corrected chi connectivity index (χ3v) is 8.60. The number of hydrogen-bond donors (Lipinski definition) is 0. The van der Waals surface area contributed by atoms with Crippen molar-refractivity contribution in [2.24, 2.45) is 11.8 Å². The molecule has 0 aliphatic carbocycles. The molecule has 5 heteroatoms. The van der Waals surface area contributed by atoms with Gasteiger partial charge in [-0.25, -0.2) is 8.42 Å². The molecule has 2 aliphatic rings. The van der Waals surface area contributed by atoms with Crippen molar-refractivity contribution in [1.29, 1.82) is 0 Å². The number of hydrogen-bond acceptors (Lipinski definition) is 3. The fourth-order valence-electron chi connectivity index (χ4n) is 5.17. The Morgan fingerprint density at radius 3 is 1.61 bits per heavy atom. The van der Waals surface area contributed by atoms with Gasteiger partial charge in [-0.2, -0.15) is 4.31 Å². The first kappa shape index (κ1) is 20.4. The van der Waals surface area contributed by atoms with Crippen LogP contribution in [-0.2, 0) is 10.0 Å². The van der Waals surface area contributed by atoms with Crippen molar-refractivity contribution in [3.63, 3.8) is 0 Å². The molecule has 3 aromatic carbocycles. The summed E-state index contributed by atoms with van der Waals surface area (Å²) in [6.45, 7) is 4.13.